The maximum Gasteiger partial charge on any atom is 0.123 e. The molecule has 0 spiro atoms. The molecule has 0 bridgehead atoms. The van der Waals surface area contributed by atoms with Crippen LogP contribution in [-0.4, -0.2) is 22.4 Å². The maximum absolute atomic E-state index is 6.02. The van der Waals surface area contributed by atoms with Crippen LogP contribution in [0.15, 0.2) is 24.3 Å². The quantitative estimate of drug-likeness (QED) is 0.922. The Morgan fingerprint density at radius 2 is 2.14 bits per heavy atom. The number of benzene rings is 1. The van der Waals surface area contributed by atoms with E-state index in [-0.39, 0.29) is 6.10 Å². The van der Waals surface area contributed by atoms with Crippen LogP contribution in [0.5, 0.6) is 5.75 Å². The number of aromatic nitrogens is 2. The van der Waals surface area contributed by atoms with E-state index in [1.54, 1.807) is 0 Å². The zero-order valence-electron chi connectivity index (χ0n) is 13.9. The highest BCUT2D eigenvalue weighted by Crippen LogP contribution is 2.29. The second-order valence-corrected chi connectivity index (χ2v) is 6.13. The molecule has 1 aliphatic rings. The lowest BCUT2D eigenvalue weighted by Crippen LogP contribution is -2.33. The van der Waals surface area contributed by atoms with Gasteiger partial charge in [-0.05, 0) is 31.9 Å². The zero-order chi connectivity index (χ0) is 15.7. The van der Waals surface area contributed by atoms with Crippen molar-refractivity contribution in [2.24, 2.45) is 7.05 Å². The first-order valence-electron chi connectivity index (χ1n) is 8.08. The Hall–Kier alpha value is -1.81. The van der Waals surface area contributed by atoms with Gasteiger partial charge in [-0.2, -0.15) is 5.10 Å². The summed E-state index contributed by atoms with van der Waals surface area (Å²) in [6, 6.07) is 8.66. The van der Waals surface area contributed by atoms with E-state index in [2.05, 4.69) is 49.4 Å². The van der Waals surface area contributed by atoms with Crippen molar-refractivity contribution < 1.29 is 4.74 Å². The van der Waals surface area contributed by atoms with Crippen LogP contribution >= 0.6 is 0 Å². The highest BCUT2D eigenvalue weighted by Gasteiger charge is 2.24. The standard InChI is InChI=1S/C18H25N3O/c1-5-16(18-12(2)20-21(4)13(18)3)19-11-15-10-14-8-6-7-9-17(14)22-15/h6-9,15-16,19H,5,10-11H2,1-4H3. The number of ether oxygens (including phenoxy) is 1. The van der Waals surface area contributed by atoms with Gasteiger partial charge in [-0.15, -0.1) is 0 Å². The Kier molecular flexibility index (Phi) is 4.21. The molecule has 2 heterocycles. The lowest BCUT2D eigenvalue weighted by atomic mass is 10.0. The highest BCUT2D eigenvalue weighted by atomic mass is 16.5. The summed E-state index contributed by atoms with van der Waals surface area (Å²) in [6.45, 7) is 7.31. The van der Waals surface area contributed by atoms with Gasteiger partial charge >= 0.3 is 0 Å². The fraction of sp³-hybridized carbons (Fsp3) is 0.500. The van der Waals surface area contributed by atoms with E-state index in [4.69, 9.17) is 4.74 Å². The molecule has 4 heteroatoms. The molecule has 22 heavy (non-hydrogen) atoms. The molecule has 2 aromatic rings. The number of hydrogen-bond donors (Lipinski definition) is 1. The van der Waals surface area contributed by atoms with Crippen molar-refractivity contribution in [1.82, 2.24) is 15.1 Å². The lowest BCUT2D eigenvalue weighted by molar-refractivity contribution is 0.220. The minimum atomic E-state index is 0.226. The Labute approximate surface area is 132 Å². The van der Waals surface area contributed by atoms with Crippen LogP contribution < -0.4 is 10.1 Å². The maximum atomic E-state index is 6.02. The van der Waals surface area contributed by atoms with Gasteiger partial charge in [-0.3, -0.25) is 4.68 Å². The van der Waals surface area contributed by atoms with Gasteiger partial charge in [-0.25, -0.2) is 0 Å². The van der Waals surface area contributed by atoms with Gasteiger partial charge in [0.25, 0.3) is 0 Å². The van der Waals surface area contributed by atoms with Crippen molar-refractivity contribution in [3.05, 3.63) is 46.8 Å². The van der Waals surface area contributed by atoms with Gasteiger partial charge in [0, 0.05) is 37.3 Å². The van der Waals surface area contributed by atoms with Gasteiger partial charge in [-0.1, -0.05) is 25.1 Å². The summed E-state index contributed by atoms with van der Waals surface area (Å²) < 4.78 is 7.99. The summed E-state index contributed by atoms with van der Waals surface area (Å²) in [5.74, 6) is 1.04. The number of fused-ring (bicyclic) bond motifs is 1. The molecule has 0 aliphatic carbocycles. The van der Waals surface area contributed by atoms with Crippen molar-refractivity contribution in [3.63, 3.8) is 0 Å². The highest BCUT2D eigenvalue weighted by molar-refractivity contribution is 5.37. The number of para-hydroxylation sites is 1. The number of nitrogens with zero attached hydrogens (tertiary/aromatic N) is 2. The average Bonchev–Trinajstić information content (AvgIpc) is 3.03. The first-order valence-corrected chi connectivity index (χ1v) is 8.08. The first-order chi connectivity index (χ1) is 10.6. The van der Waals surface area contributed by atoms with Crippen LogP contribution in [0.3, 0.4) is 0 Å². The molecule has 3 rings (SSSR count). The molecule has 0 amide bonds. The Balaban J connectivity index is 1.65. The van der Waals surface area contributed by atoms with Crippen LogP contribution in [-0.2, 0) is 13.5 Å². The first kappa shape index (κ1) is 15.1. The minimum Gasteiger partial charge on any atom is -0.488 e. The molecule has 2 atom stereocenters. The van der Waals surface area contributed by atoms with E-state index >= 15 is 0 Å². The van der Waals surface area contributed by atoms with Crippen LogP contribution in [0.4, 0.5) is 0 Å². The fourth-order valence-electron chi connectivity index (χ4n) is 3.39. The molecular formula is C18H25N3O. The van der Waals surface area contributed by atoms with Crippen LogP contribution in [0, 0.1) is 13.8 Å². The van der Waals surface area contributed by atoms with Crippen molar-refractivity contribution >= 4 is 0 Å². The number of hydrogen-bond acceptors (Lipinski definition) is 3. The summed E-state index contributed by atoms with van der Waals surface area (Å²) in [5, 5.41) is 8.22. The summed E-state index contributed by atoms with van der Waals surface area (Å²) in [5.41, 5.74) is 5.01. The van der Waals surface area contributed by atoms with Gasteiger partial charge in [0.1, 0.15) is 11.9 Å². The molecule has 0 saturated carbocycles. The normalized spacial score (nSPS) is 18.1. The van der Waals surface area contributed by atoms with Crippen molar-refractivity contribution in [2.45, 2.75) is 45.8 Å². The lowest BCUT2D eigenvalue weighted by Gasteiger charge is -2.20. The average molecular weight is 299 g/mol. The van der Waals surface area contributed by atoms with Crippen molar-refractivity contribution in [2.75, 3.05) is 6.54 Å². The second kappa shape index (κ2) is 6.13. The molecule has 1 aliphatic heterocycles. The van der Waals surface area contributed by atoms with Gasteiger partial charge < -0.3 is 10.1 Å². The Bertz CT molecular complexity index is 637. The number of nitrogens with one attached hydrogen (secondary N) is 1. The van der Waals surface area contributed by atoms with E-state index in [0.717, 1.165) is 30.8 Å². The van der Waals surface area contributed by atoms with Crippen molar-refractivity contribution in [3.8, 4) is 5.75 Å². The molecular weight excluding hydrogens is 274 g/mol. The topological polar surface area (TPSA) is 39.1 Å². The van der Waals surface area contributed by atoms with Crippen LogP contribution in [0.1, 0.15) is 41.9 Å². The number of aryl methyl sites for hydroxylation is 2. The smallest absolute Gasteiger partial charge is 0.123 e. The molecule has 1 N–H and O–H groups in total. The number of rotatable bonds is 5. The molecule has 1 aromatic carbocycles. The summed E-state index contributed by atoms with van der Waals surface area (Å²) in [4.78, 5) is 0. The summed E-state index contributed by atoms with van der Waals surface area (Å²) in [7, 11) is 2.01. The third kappa shape index (κ3) is 2.75. The van der Waals surface area contributed by atoms with Crippen LogP contribution in [0.25, 0.3) is 0 Å². The van der Waals surface area contributed by atoms with E-state index in [1.807, 2.05) is 17.8 Å². The SMILES string of the molecule is CCC(NCC1Cc2ccccc2O1)c1c(C)nn(C)c1C. The molecule has 118 valence electrons. The minimum absolute atomic E-state index is 0.226. The van der Waals surface area contributed by atoms with Gasteiger partial charge in [0.05, 0.1) is 5.69 Å². The van der Waals surface area contributed by atoms with Crippen molar-refractivity contribution in [1.29, 1.82) is 0 Å². The predicted octanol–water partition coefficient (Wildman–Crippen LogP) is 3.08. The summed E-state index contributed by atoms with van der Waals surface area (Å²) in [6.07, 6.45) is 2.27. The van der Waals surface area contributed by atoms with E-state index in [1.165, 1.54) is 16.8 Å². The monoisotopic (exact) mass is 299 g/mol. The van der Waals surface area contributed by atoms with E-state index in [9.17, 15) is 0 Å². The van der Waals surface area contributed by atoms with Crippen LogP contribution in [0.2, 0.25) is 0 Å². The molecule has 1 aromatic heterocycles. The second-order valence-electron chi connectivity index (χ2n) is 6.13. The molecule has 2 unspecified atom stereocenters. The largest absolute Gasteiger partial charge is 0.488 e. The summed E-state index contributed by atoms with van der Waals surface area (Å²) >= 11 is 0. The Morgan fingerprint density at radius 3 is 2.77 bits per heavy atom. The van der Waals surface area contributed by atoms with Gasteiger partial charge in [0.2, 0.25) is 0 Å². The molecule has 0 fully saturated rings. The molecule has 4 nitrogen and oxygen atoms in total. The molecule has 0 saturated heterocycles. The predicted molar refractivity (Wildman–Crippen MR) is 88.3 cm³/mol. The third-order valence-electron chi connectivity index (χ3n) is 4.63. The Morgan fingerprint density at radius 1 is 1.36 bits per heavy atom. The van der Waals surface area contributed by atoms with E-state index < -0.39 is 0 Å². The molecule has 0 radical (unpaired) electrons. The van der Waals surface area contributed by atoms with E-state index in [0.29, 0.717) is 6.04 Å². The zero-order valence-corrected chi connectivity index (χ0v) is 13.9. The van der Waals surface area contributed by atoms with Gasteiger partial charge in [0.15, 0.2) is 0 Å². The fourth-order valence-corrected chi connectivity index (χ4v) is 3.39. The third-order valence-corrected chi connectivity index (χ3v) is 4.63.